The van der Waals surface area contributed by atoms with Crippen LogP contribution in [0.15, 0.2) is 48.5 Å². The van der Waals surface area contributed by atoms with Crippen molar-refractivity contribution in [2.75, 3.05) is 0 Å². The van der Waals surface area contributed by atoms with Crippen LogP contribution in [0, 0.1) is 0 Å². The van der Waals surface area contributed by atoms with E-state index in [4.69, 9.17) is 0 Å². The summed E-state index contributed by atoms with van der Waals surface area (Å²) in [6.45, 7) is 0.808. The van der Waals surface area contributed by atoms with Crippen LogP contribution in [0.25, 0.3) is 0 Å². The van der Waals surface area contributed by atoms with Crippen LogP contribution in [-0.2, 0) is 18.3 Å². The van der Waals surface area contributed by atoms with E-state index in [1.54, 1.807) is 0 Å². The highest BCUT2D eigenvalue weighted by molar-refractivity contribution is 5.22. The minimum Gasteiger partial charge on any atom is -0.383 e. The zero-order valence-electron chi connectivity index (χ0n) is 15.0. The number of alkyl halides is 3. The molecule has 1 aromatic heterocycles. The van der Waals surface area contributed by atoms with Crippen molar-refractivity contribution < 1.29 is 18.3 Å². The van der Waals surface area contributed by atoms with Crippen LogP contribution in [0.3, 0.4) is 0 Å². The molecule has 2 bridgehead atoms. The normalized spacial score (nSPS) is 28.9. The summed E-state index contributed by atoms with van der Waals surface area (Å²) in [5, 5.41) is 11.3. The molecule has 1 N–H and O–H groups in total. The minimum atomic E-state index is -4.50. The molecular formula is C21H23F3N2O. The second-order valence-corrected chi connectivity index (χ2v) is 7.74. The van der Waals surface area contributed by atoms with Crippen molar-refractivity contribution >= 4 is 0 Å². The molecule has 0 amide bonds. The number of halogens is 3. The Morgan fingerprint density at radius 2 is 1.67 bits per heavy atom. The lowest BCUT2D eigenvalue weighted by molar-refractivity contribution is -0.142. The molecule has 0 aliphatic carbocycles. The Bertz CT molecular complexity index is 780. The van der Waals surface area contributed by atoms with Crippen molar-refractivity contribution in [1.29, 1.82) is 0 Å². The van der Waals surface area contributed by atoms with Gasteiger partial charge in [0.05, 0.1) is 5.69 Å². The summed E-state index contributed by atoms with van der Waals surface area (Å²) in [4.78, 5) is 6.20. The molecule has 4 rings (SSSR count). The summed E-state index contributed by atoms with van der Waals surface area (Å²) >= 11 is 0. The second kappa shape index (κ2) is 6.91. The molecule has 2 fully saturated rings. The average molecular weight is 376 g/mol. The van der Waals surface area contributed by atoms with E-state index in [0.717, 1.165) is 31.9 Å². The molecule has 3 heterocycles. The van der Waals surface area contributed by atoms with Gasteiger partial charge in [0.1, 0.15) is 11.3 Å². The van der Waals surface area contributed by atoms with Crippen LogP contribution >= 0.6 is 0 Å². The van der Waals surface area contributed by atoms with Crippen LogP contribution in [0.5, 0.6) is 0 Å². The first-order chi connectivity index (χ1) is 12.9. The van der Waals surface area contributed by atoms with E-state index in [2.05, 4.69) is 22.0 Å². The molecule has 0 saturated carbocycles. The molecular weight excluding hydrogens is 353 g/mol. The Labute approximate surface area is 156 Å². The van der Waals surface area contributed by atoms with Gasteiger partial charge >= 0.3 is 6.18 Å². The third-order valence-corrected chi connectivity index (χ3v) is 5.88. The maximum atomic E-state index is 13.0. The second-order valence-electron chi connectivity index (χ2n) is 7.74. The van der Waals surface area contributed by atoms with Crippen LogP contribution in [0.2, 0.25) is 0 Å². The first-order valence-electron chi connectivity index (χ1n) is 9.42. The average Bonchev–Trinajstić information content (AvgIpc) is 2.63. The molecule has 0 radical (unpaired) electrons. The molecule has 3 nitrogen and oxygen atoms in total. The van der Waals surface area contributed by atoms with Gasteiger partial charge in [-0.3, -0.25) is 4.90 Å². The van der Waals surface area contributed by atoms with Crippen LogP contribution in [0.1, 0.15) is 49.1 Å². The number of rotatable bonds is 3. The predicted octanol–water partition coefficient (Wildman–Crippen LogP) is 4.51. The van der Waals surface area contributed by atoms with E-state index >= 15 is 0 Å². The Morgan fingerprint density at radius 1 is 1.00 bits per heavy atom. The first-order valence-corrected chi connectivity index (χ1v) is 9.42. The molecule has 2 unspecified atom stereocenters. The van der Waals surface area contributed by atoms with Gasteiger partial charge in [-0.05, 0) is 43.4 Å². The van der Waals surface area contributed by atoms with Gasteiger partial charge in [-0.1, -0.05) is 42.8 Å². The van der Waals surface area contributed by atoms with Gasteiger partial charge in [0.2, 0.25) is 0 Å². The predicted molar refractivity (Wildman–Crippen MR) is 95.8 cm³/mol. The van der Waals surface area contributed by atoms with Gasteiger partial charge in [0, 0.05) is 18.6 Å². The summed E-state index contributed by atoms with van der Waals surface area (Å²) in [6, 6.07) is 14.3. The number of benzene rings is 1. The number of pyridine rings is 1. The van der Waals surface area contributed by atoms with E-state index in [1.807, 2.05) is 18.2 Å². The highest BCUT2D eigenvalue weighted by atomic mass is 19.4. The van der Waals surface area contributed by atoms with Crippen molar-refractivity contribution in [1.82, 2.24) is 9.88 Å². The highest BCUT2D eigenvalue weighted by Gasteiger charge is 2.47. The first kappa shape index (κ1) is 18.4. The number of hydrogen-bond acceptors (Lipinski definition) is 3. The van der Waals surface area contributed by atoms with Crippen molar-refractivity contribution in [2.45, 2.75) is 62.5 Å². The smallest absolute Gasteiger partial charge is 0.383 e. The van der Waals surface area contributed by atoms with E-state index in [-0.39, 0.29) is 17.8 Å². The fraction of sp³-hybridized carbons (Fsp3) is 0.476. The molecule has 2 atom stereocenters. The number of piperidine rings is 2. The zero-order chi connectivity index (χ0) is 19.1. The summed E-state index contributed by atoms with van der Waals surface area (Å²) in [7, 11) is 0. The number of fused-ring (bicyclic) bond motifs is 2. The van der Waals surface area contributed by atoms with E-state index in [1.165, 1.54) is 17.7 Å². The van der Waals surface area contributed by atoms with Crippen LogP contribution in [-0.4, -0.2) is 27.1 Å². The molecule has 0 spiro atoms. The van der Waals surface area contributed by atoms with Crippen molar-refractivity contribution in [3.8, 4) is 0 Å². The zero-order valence-corrected chi connectivity index (χ0v) is 15.0. The largest absolute Gasteiger partial charge is 0.433 e. The Morgan fingerprint density at radius 3 is 2.30 bits per heavy atom. The third-order valence-electron chi connectivity index (χ3n) is 5.88. The van der Waals surface area contributed by atoms with Crippen molar-refractivity contribution in [3.05, 3.63) is 65.5 Å². The fourth-order valence-corrected chi connectivity index (χ4v) is 4.63. The van der Waals surface area contributed by atoms with Gasteiger partial charge in [-0.2, -0.15) is 13.2 Å². The summed E-state index contributed by atoms with van der Waals surface area (Å²) in [5.74, 6) is 0. The molecule has 144 valence electrons. The number of aliphatic hydroxyl groups is 1. The van der Waals surface area contributed by atoms with Gasteiger partial charge in [0.15, 0.2) is 0 Å². The Balaban J connectivity index is 1.59. The summed E-state index contributed by atoms with van der Waals surface area (Å²) < 4.78 is 39.1. The maximum absolute atomic E-state index is 13.0. The van der Waals surface area contributed by atoms with Crippen molar-refractivity contribution in [3.63, 3.8) is 0 Å². The lowest BCUT2D eigenvalue weighted by Gasteiger charge is -2.52. The number of aromatic nitrogens is 1. The van der Waals surface area contributed by atoms with Crippen LogP contribution < -0.4 is 0 Å². The minimum absolute atomic E-state index is 0.147. The lowest BCUT2D eigenvalue weighted by atomic mass is 9.73. The van der Waals surface area contributed by atoms with Gasteiger partial charge in [0.25, 0.3) is 0 Å². The lowest BCUT2D eigenvalue weighted by Crippen LogP contribution is -2.56. The van der Waals surface area contributed by atoms with E-state index < -0.39 is 17.5 Å². The highest BCUT2D eigenvalue weighted by Crippen LogP contribution is 2.44. The third kappa shape index (κ3) is 3.73. The monoisotopic (exact) mass is 376 g/mol. The van der Waals surface area contributed by atoms with Gasteiger partial charge in [-0.15, -0.1) is 0 Å². The molecule has 1 aromatic carbocycles. The standard InChI is InChI=1S/C21H23F3N2O/c22-21(23,24)19-11-5-10-18(25-19)20(27)12-16-8-4-9-17(13-20)26(16)14-15-6-2-1-3-7-15/h1-3,5-7,10-11,16-17,27H,4,8-9,12-14H2. The Kier molecular flexibility index (Phi) is 4.72. The Hall–Kier alpha value is -1.92. The van der Waals surface area contributed by atoms with E-state index in [0.29, 0.717) is 12.8 Å². The number of hydrogen-bond donors (Lipinski definition) is 1. The quantitative estimate of drug-likeness (QED) is 0.857. The maximum Gasteiger partial charge on any atom is 0.433 e. The molecule has 27 heavy (non-hydrogen) atoms. The van der Waals surface area contributed by atoms with Gasteiger partial charge in [-0.25, -0.2) is 4.98 Å². The van der Waals surface area contributed by atoms with E-state index in [9.17, 15) is 18.3 Å². The topological polar surface area (TPSA) is 36.4 Å². The number of nitrogens with zero attached hydrogens (tertiary/aromatic N) is 2. The molecule has 2 aliphatic rings. The molecule has 6 heteroatoms. The SMILES string of the molecule is OC1(c2cccc(C(F)(F)F)n2)CC2CCCC(C1)N2Cc1ccccc1. The molecule has 2 aromatic rings. The fourth-order valence-electron chi connectivity index (χ4n) is 4.63. The van der Waals surface area contributed by atoms with Crippen LogP contribution in [0.4, 0.5) is 13.2 Å². The van der Waals surface area contributed by atoms with Crippen molar-refractivity contribution in [2.24, 2.45) is 0 Å². The molecule has 2 saturated heterocycles. The summed E-state index contributed by atoms with van der Waals surface area (Å²) in [5.41, 5.74) is -0.875. The van der Waals surface area contributed by atoms with Gasteiger partial charge < -0.3 is 5.11 Å². The molecule has 2 aliphatic heterocycles. The summed E-state index contributed by atoms with van der Waals surface area (Å²) in [6.07, 6.45) is -0.673.